The van der Waals surface area contributed by atoms with E-state index in [4.69, 9.17) is 0 Å². The molecule has 0 unspecified atom stereocenters. The van der Waals surface area contributed by atoms with E-state index in [-0.39, 0.29) is 23.9 Å². The van der Waals surface area contributed by atoms with Crippen molar-refractivity contribution in [3.8, 4) is 0 Å². The maximum absolute atomic E-state index is 13.3. The number of carbonyl (C=O) groups is 1. The lowest BCUT2D eigenvalue weighted by molar-refractivity contribution is -0.134. The van der Waals surface area contributed by atoms with E-state index in [0.717, 1.165) is 18.9 Å². The molecule has 1 aromatic carbocycles. The van der Waals surface area contributed by atoms with E-state index in [9.17, 15) is 18.0 Å². The molecule has 1 N–H and O–H groups in total. The Morgan fingerprint density at radius 3 is 2.50 bits per heavy atom. The van der Waals surface area contributed by atoms with Crippen LogP contribution in [0.2, 0.25) is 0 Å². The molecule has 1 fully saturated rings. The summed E-state index contributed by atoms with van der Waals surface area (Å²) in [5.41, 5.74) is 2.64. The largest absolute Gasteiger partial charge is 0.281 e. The number of benzene rings is 1. The van der Waals surface area contributed by atoms with E-state index < -0.39 is 17.5 Å². The summed E-state index contributed by atoms with van der Waals surface area (Å²) in [4.78, 5) is 11.6. The number of carbonyl (C=O) groups excluding carboxylic acids is 1. The average Bonchev–Trinajstić information content (AvgIpc) is 3.14. The maximum Gasteiger partial charge on any atom is 0.239 e. The first-order valence-corrected chi connectivity index (χ1v) is 5.63. The van der Waals surface area contributed by atoms with Gasteiger partial charge in [-0.25, -0.2) is 18.6 Å². The number of halogens is 3. The highest BCUT2D eigenvalue weighted by Crippen LogP contribution is 2.30. The number of amides is 1. The molecule has 3 nitrogen and oxygen atoms in total. The van der Waals surface area contributed by atoms with Crippen molar-refractivity contribution < 1.29 is 18.0 Å². The van der Waals surface area contributed by atoms with Crippen LogP contribution < -0.4 is 5.43 Å². The summed E-state index contributed by atoms with van der Waals surface area (Å²) in [7, 11) is 1.53. The molecule has 0 radical (unpaired) electrons. The molecular formula is C12H13F3N2O. The van der Waals surface area contributed by atoms with Crippen molar-refractivity contribution >= 4 is 5.91 Å². The minimum atomic E-state index is -1.22. The van der Waals surface area contributed by atoms with Gasteiger partial charge in [0.1, 0.15) is 5.82 Å². The maximum atomic E-state index is 13.3. The van der Waals surface area contributed by atoms with Gasteiger partial charge in [0.2, 0.25) is 5.91 Å². The van der Waals surface area contributed by atoms with Crippen LogP contribution in [0.3, 0.4) is 0 Å². The summed E-state index contributed by atoms with van der Waals surface area (Å²) in [6.07, 6.45) is 1.73. The molecule has 98 valence electrons. The van der Waals surface area contributed by atoms with E-state index >= 15 is 0 Å². The first-order chi connectivity index (χ1) is 8.49. The molecule has 0 aromatic heterocycles. The Bertz CT molecular complexity index is 475. The lowest BCUT2D eigenvalue weighted by Gasteiger charge is -2.18. The quantitative estimate of drug-likeness (QED) is 0.661. The summed E-state index contributed by atoms with van der Waals surface area (Å²) in [5, 5.41) is 1.26. The predicted molar refractivity (Wildman–Crippen MR) is 58.6 cm³/mol. The Morgan fingerprint density at radius 1 is 1.28 bits per heavy atom. The minimum Gasteiger partial charge on any atom is -0.281 e. The summed E-state index contributed by atoms with van der Waals surface area (Å²) in [5.74, 6) is -3.20. The number of nitrogens with one attached hydrogen (secondary N) is 1. The Morgan fingerprint density at radius 2 is 1.89 bits per heavy atom. The fourth-order valence-electron chi connectivity index (χ4n) is 1.59. The molecular weight excluding hydrogens is 245 g/mol. The number of rotatable bonds is 4. The smallest absolute Gasteiger partial charge is 0.239 e. The monoisotopic (exact) mass is 258 g/mol. The lowest BCUT2D eigenvalue weighted by atomic mass is 10.2. The van der Waals surface area contributed by atoms with Crippen molar-refractivity contribution in [1.82, 2.24) is 10.4 Å². The molecule has 1 amide bonds. The van der Waals surface area contributed by atoms with Crippen molar-refractivity contribution in [2.75, 3.05) is 7.05 Å². The van der Waals surface area contributed by atoms with E-state index in [0.29, 0.717) is 6.07 Å². The molecule has 0 aliphatic heterocycles. The van der Waals surface area contributed by atoms with Gasteiger partial charge in [0.15, 0.2) is 11.6 Å². The standard InChI is InChI=1S/C12H13F3N2O/c1-17(12(18)7-2-3-7)16-6-8-4-10(14)11(15)5-9(8)13/h4-5,7,16H,2-3,6H2,1H3. The topological polar surface area (TPSA) is 32.3 Å². The van der Waals surface area contributed by atoms with Gasteiger partial charge >= 0.3 is 0 Å². The van der Waals surface area contributed by atoms with Crippen LogP contribution in [-0.2, 0) is 11.3 Å². The Balaban J connectivity index is 1.97. The van der Waals surface area contributed by atoms with Gasteiger partial charge in [0.05, 0.1) is 0 Å². The van der Waals surface area contributed by atoms with Crippen molar-refractivity contribution in [2.45, 2.75) is 19.4 Å². The van der Waals surface area contributed by atoms with Gasteiger partial charge in [0, 0.05) is 31.1 Å². The first-order valence-electron chi connectivity index (χ1n) is 5.63. The van der Waals surface area contributed by atoms with Crippen molar-refractivity contribution in [2.24, 2.45) is 5.92 Å². The van der Waals surface area contributed by atoms with Crippen LogP contribution in [0.5, 0.6) is 0 Å². The molecule has 18 heavy (non-hydrogen) atoms. The number of hydrogen-bond acceptors (Lipinski definition) is 2. The molecule has 1 saturated carbocycles. The Hall–Kier alpha value is -1.56. The third-order valence-electron chi connectivity index (χ3n) is 2.85. The van der Waals surface area contributed by atoms with Crippen LogP contribution in [0.15, 0.2) is 12.1 Å². The molecule has 1 aliphatic rings. The Kier molecular flexibility index (Phi) is 3.56. The molecule has 0 saturated heterocycles. The van der Waals surface area contributed by atoms with Gasteiger partial charge in [-0.05, 0) is 18.9 Å². The minimum absolute atomic E-state index is 0.0238. The molecule has 0 bridgehead atoms. The zero-order chi connectivity index (χ0) is 13.3. The molecule has 0 spiro atoms. The second-order valence-electron chi connectivity index (χ2n) is 4.36. The normalized spacial score (nSPS) is 14.7. The first kappa shape index (κ1) is 12.9. The Labute approximate surface area is 103 Å². The van der Waals surface area contributed by atoms with Crippen LogP contribution in [0.4, 0.5) is 13.2 Å². The molecule has 2 rings (SSSR count). The van der Waals surface area contributed by atoms with E-state index in [2.05, 4.69) is 5.43 Å². The predicted octanol–water partition coefficient (Wildman–Crippen LogP) is 1.98. The molecule has 6 heteroatoms. The SMILES string of the molecule is CN(NCc1cc(F)c(F)cc1F)C(=O)C1CC1. The van der Waals surface area contributed by atoms with Gasteiger partial charge in [-0.15, -0.1) is 0 Å². The van der Waals surface area contributed by atoms with E-state index in [1.807, 2.05) is 0 Å². The lowest BCUT2D eigenvalue weighted by Crippen LogP contribution is -2.40. The second-order valence-corrected chi connectivity index (χ2v) is 4.36. The summed E-state index contributed by atoms with van der Waals surface area (Å²) in [6, 6.07) is 1.28. The summed E-state index contributed by atoms with van der Waals surface area (Å²) < 4.78 is 38.9. The summed E-state index contributed by atoms with van der Waals surface area (Å²) >= 11 is 0. The number of hydrogen-bond donors (Lipinski definition) is 1. The van der Waals surface area contributed by atoms with Crippen molar-refractivity contribution in [3.63, 3.8) is 0 Å². The van der Waals surface area contributed by atoms with Gasteiger partial charge in [-0.1, -0.05) is 0 Å². The highest BCUT2D eigenvalue weighted by atomic mass is 19.2. The summed E-state index contributed by atoms with van der Waals surface area (Å²) in [6.45, 7) is -0.0714. The van der Waals surface area contributed by atoms with Gasteiger partial charge in [0.25, 0.3) is 0 Å². The van der Waals surface area contributed by atoms with Crippen LogP contribution in [0.25, 0.3) is 0 Å². The van der Waals surface area contributed by atoms with Crippen LogP contribution in [0, 0.1) is 23.4 Å². The highest BCUT2D eigenvalue weighted by molar-refractivity contribution is 5.80. The van der Waals surface area contributed by atoms with Gasteiger partial charge in [-0.3, -0.25) is 9.80 Å². The zero-order valence-corrected chi connectivity index (χ0v) is 9.84. The molecule has 0 heterocycles. The van der Waals surface area contributed by atoms with Gasteiger partial charge in [-0.2, -0.15) is 0 Å². The molecule has 0 atom stereocenters. The van der Waals surface area contributed by atoms with E-state index in [1.54, 1.807) is 0 Å². The third-order valence-corrected chi connectivity index (χ3v) is 2.85. The third kappa shape index (κ3) is 2.81. The second kappa shape index (κ2) is 4.97. The zero-order valence-electron chi connectivity index (χ0n) is 9.84. The number of hydrazine groups is 1. The number of nitrogens with zero attached hydrogens (tertiary/aromatic N) is 1. The van der Waals surface area contributed by atoms with Crippen LogP contribution >= 0.6 is 0 Å². The fraction of sp³-hybridized carbons (Fsp3) is 0.417. The average molecular weight is 258 g/mol. The highest BCUT2D eigenvalue weighted by Gasteiger charge is 2.32. The van der Waals surface area contributed by atoms with Crippen LogP contribution in [0.1, 0.15) is 18.4 Å². The van der Waals surface area contributed by atoms with Crippen molar-refractivity contribution in [1.29, 1.82) is 0 Å². The molecule has 1 aliphatic carbocycles. The molecule has 1 aromatic rings. The van der Waals surface area contributed by atoms with Gasteiger partial charge < -0.3 is 0 Å². The van der Waals surface area contributed by atoms with E-state index in [1.165, 1.54) is 12.1 Å². The van der Waals surface area contributed by atoms with Crippen LogP contribution in [-0.4, -0.2) is 18.0 Å². The van der Waals surface area contributed by atoms with Crippen molar-refractivity contribution in [3.05, 3.63) is 35.1 Å². The fourth-order valence-corrected chi connectivity index (χ4v) is 1.59.